The third kappa shape index (κ3) is 3.38. The molecule has 4 heteroatoms. The average molecular weight is 348 g/mol. The molecule has 0 amide bonds. The summed E-state index contributed by atoms with van der Waals surface area (Å²) in [7, 11) is 0. The van der Waals surface area contributed by atoms with Crippen molar-refractivity contribution in [2.24, 2.45) is 0 Å². The third-order valence-corrected chi connectivity index (χ3v) is 5.57. The summed E-state index contributed by atoms with van der Waals surface area (Å²) in [6.07, 6.45) is 8.13. The van der Waals surface area contributed by atoms with Gasteiger partial charge in [0.25, 0.3) is 0 Å². The fraction of sp³-hybridized carbons (Fsp3) is 0.455. The Bertz CT molecular complexity index is 868. The first-order chi connectivity index (χ1) is 12.5. The second-order valence-corrected chi connectivity index (χ2v) is 8.46. The summed E-state index contributed by atoms with van der Waals surface area (Å²) in [4.78, 5) is 14.9. The first-order valence-corrected chi connectivity index (χ1v) is 9.60. The topological polar surface area (TPSA) is 44.8 Å². The predicted octanol–water partition coefficient (Wildman–Crippen LogP) is 4.64. The molecule has 0 aliphatic carbocycles. The summed E-state index contributed by atoms with van der Waals surface area (Å²) < 4.78 is 0. The quantitative estimate of drug-likeness (QED) is 0.750. The van der Waals surface area contributed by atoms with Gasteiger partial charge in [0, 0.05) is 41.6 Å². The number of nitrogens with one attached hydrogen (secondary N) is 1. The Kier molecular flexibility index (Phi) is 4.53. The van der Waals surface area contributed by atoms with Crippen LogP contribution in [0, 0.1) is 0 Å². The van der Waals surface area contributed by atoms with Crippen LogP contribution in [0.2, 0.25) is 0 Å². The maximum Gasteiger partial charge on any atom is 0.137 e. The zero-order valence-corrected chi connectivity index (χ0v) is 16.0. The molecule has 0 saturated carbocycles. The number of rotatable bonds is 3. The number of pyridine rings is 2. The van der Waals surface area contributed by atoms with Gasteiger partial charge in [-0.1, -0.05) is 20.8 Å². The molecule has 26 heavy (non-hydrogen) atoms. The molecule has 3 aromatic heterocycles. The molecule has 0 unspecified atom stereocenters. The molecule has 1 saturated heterocycles. The van der Waals surface area contributed by atoms with Gasteiger partial charge < -0.3 is 4.98 Å². The number of H-pyrrole nitrogens is 1. The second-order valence-electron chi connectivity index (χ2n) is 8.46. The summed E-state index contributed by atoms with van der Waals surface area (Å²) in [5.41, 5.74) is 5.28. The van der Waals surface area contributed by atoms with Gasteiger partial charge in [-0.15, -0.1) is 0 Å². The SMILES string of the molecule is CC(C)(C)c1[nH]c2ncccc2c1CN1CCC(c2ccncc2)CC1. The van der Waals surface area contributed by atoms with E-state index in [1.807, 2.05) is 24.7 Å². The monoisotopic (exact) mass is 348 g/mol. The van der Waals surface area contributed by atoms with Crippen molar-refractivity contribution in [2.45, 2.75) is 51.5 Å². The highest BCUT2D eigenvalue weighted by Gasteiger charge is 2.26. The first-order valence-electron chi connectivity index (χ1n) is 9.60. The van der Waals surface area contributed by atoms with E-state index in [1.165, 1.54) is 35.0 Å². The molecular formula is C22H28N4. The van der Waals surface area contributed by atoms with Crippen molar-refractivity contribution < 1.29 is 0 Å². The molecule has 136 valence electrons. The van der Waals surface area contributed by atoms with Gasteiger partial charge in [-0.05, 0) is 67.2 Å². The van der Waals surface area contributed by atoms with E-state index in [0.717, 1.165) is 25.3 Å². The smallest absolute Gasteiger partial charge is 0.137 e. The minimum atomic E-state index is 0.0887. The fourth-order valence-electron chi connectivity index (χ4n) is 4.16. The van der Waals surface area contributed by atoms with Crippen LogP contribution in [0.5, 0.6) is 0 Å². The number of aromatic nitrogens is 3. The molecule has 4 nitrogen and oxygen atoms in total. The summed E-state index contributed by atoms with van der Waals surface area (Å²) >= 11 is 0. The standard InChI is InChI=1S/C22H28N4/c1-22(2,3)20-19(18-5-4-10-24-21(18)25-20)15-26-13-8-17(9-14-26)16-6-11-23-12-7-16/h4-7,10-12,17H,8-9,13-15H2,1-3H3,(H,24,25). The number of fused-ring (bicyclic) bond motifs is 1. The lowest BCUT2D eigenvalue weighted by Gasteiger charge is -2.33. The Morgan fingerprint density at radius 2 is 1.81 bits per heavy atom. The first kappa shape index (κ1) is 17.2. The molecule has 1 aliphatic rings. The lowest BCUT2D eigenvalue weighted by molar-refractivity contribution is 0.204. The van der Waals surface area contributed by atoms with Crippen molar-refractivity contribution in [1.29, 1.82) is 0 Å². The van der Waals surface area contributed by atoms with Crippen molar-refractivity contribution in [2.75, 3.05) is 13.1 Å². The van der Waals surface area contributed by atoms with Gasteiger partial charge in [0.1, 0.15) is 5.65 Å². The van der Waals surface area contributed by atoms with Crippen LogP contribution in [0.15, 0.2) is 42.9 Å². The molecule has 1 fully saturated rings. The largest absolute Gasteiger partial charge is 0.342 e. The normalized spacial score (nSPS) is 17.0. The molecule has 4 heterocycles. The Morgan fingerprint density at radius 1 is 1.08 bits per heavy atom. The van der Waals surface area contributed by atoms with E-state index in [2.05, 4.69) is 58.8 Å². The number of nitrogens with zero attached hydrogens (tertiary/aromatic N) is 3. The van der Waals surface area contributed by atoms with Crippen LogP contribution in [0.25, 0.3) is 11.0 Å². The van der Waals surface area contributed by atoms with E-state index in [0.29, 0.717) is 5.92 Å². The van der Waals surface area contributed by atoms with E-state index in [4.69, 9.17) is 0 Å². The van der Waals surface area contributed by atoms with E-state index in [9.17, 15) is 0 Å². The van der Waals surface area contributed by atoms with E-state index in [1.54, 1.807) is 0 Å². The number of aromatic amines is 1. The summed E-state index contributed by atoms with van der Waals surface area (Å²) in [6, 6.07) is 8.58. The van der Waals surface area contributed by atoms with Crippen LogP contribution in [-0.2, 0) is 12.0 Å². The van der Waals surface area contributed by atoms with Crippen LogP contribution in [0.1, 0.15) is 56.4 Å². The number of hydrogen-bond donors (Lipinski definition) is 1. The molecule has 1 N–H and O–H groups in total. The molecular weight excluding hydrogens is 320 g/mol. The van der Waals surface area contributed by atoms with Crippen LogP contribution in [0.4, 0.5) is 0 Å². The molecule has 4 rings (SSSR count). The molecule has 3 aromatic rings. The lowest BCUT2D eigenvalue weighted by Crippen LogP contribution is -2.33. The highest BCUT2D eigenvalue weighted by Crippen LogP contribution is 2.33. The molecule has 0 radical (unpaired) electrons. The summed E-state index contributed by atoms with van der Waals surface area (Å²) in [5, 5.41) is 1.27. The average Bonchev–Trinajstić information content (AvgIpc) is 3.02. The van der Waals surface area contributed by atoms with Gasteiger partial charge in [0.05, 0.1) is 0 Å². The Balaban J connectivity index is 1.53. The zero-order chi connectivity index (χ0) is 18.1. The van der Waals surface area contributed by atoms with Crippen LogP contribution >= 0.6 is 0 Å². The van der Waals surface area contributed by atoms with Crippen molar-refractivity contribution in [3.8, 4) is 0 Å². The fourth-order valence-corrected chi connectivity index (χ4v) is 4.16. The van der Waals surface area contributed by atoms with Crippen molar-refractivity contribution in [1.82, 2.24) is 19.9 Å². The Hall–Kier alpha value is -2.20. The number of likely N-dealkylation sites (tertiary alicyclic amines) is 1. The highest BCUT2D eigenvalue weighted by molar-refractivity contribution is 5.81. The second kappa shape index (κ2) is 6.84. The summed E-state index contributed by atoms with van der Waals surface area (Å²) in [6.45, 7) is 10.1. The van der Waals surface area contributed by atoms with Gasteiger partial charge in [0.15, 0.2) is 0 Å². The Morgan fingerprint density at radius 3 is 2.50 bits per heavy atom. The summed E-state index contributed by atoms with van der Waals surface area (Å²) in [5.74, 6) is 0.668. The van der Waals surface area contributed by atoms with Gasteiger partial charge in [-0.25, -0.2) is 4.98 Å². The van der Waals surface area contributed by atoms with E-state index in [-0.39, 0.29) is 5.41 Å². The predicted molar refractivity (Wildman–Crippen MR) is 106 cm³/mol. The van der Waals surface area contributed by atoms with E-state index >= 15 is 0 Å². The van der Waals surface area contributed by atoms with Gasteiger partial charge in [-0.3, -0.25) is 9.88 Å². The highest BCUT2D eigenvalue weighted by atomic mass is 15.1. The molecule has 1 aliphatic heterocycles. The van der Waals surface area contributed by atoms with E-state index < -0.39 is 0 Å². The molecule has 0 bridgehead atoms. The van der Waals surface area contributed by atoms with Crippen molar-refractivity contribution in [3.63, 3.8) is 0 Å². The number of hydrogen-bond acceptors (Lipinski definition) is 3. The number of piperidine rings is 1. The van der Waals surface area contributed by atoms with Crippen LogP contribution in [-0.4, -0.2) is 32.9 Å². The maximum atomic E-state index is 4.54. The minimum absolute atomic E-state index is 0.0887. The zero-order valence-electron chi connectivity index (χ0n) is 16.0. The maximum absolute atomic E-state index is 4.54. The van der Waals surface area contributed by atoms with Gasteiger partial charge >= 0.3 is 0 Å². The molecule has 0 aromatic carbocycles. The Labute approximate surface area is 155 Å². The van der Waals surface area contributed by atoms with Crippen LogP contribution < -0.4 is 0 Å². The van der Waals surface area contributed by atoms with Crippen molar-refractivity contribution in [3.05, 3.63) is 59.7 Å². The van der Waals surface area contributed by atoms with Gasteiger partial charge in [-0.2, -0.15) is 0 Å². The molecule has 0 spiro atoms. The lowest BCUT2D eigenvalue weighted by atomic mass is 9.87. The minimum Gasteiger partial charge on any atom is -0.342 e. The van der Waals surface area contributed by atoms with Crippen molar-refractivity contribution >= 4 is 11.0 Å². The third-order valence-electron chi connectivity index (χ3n) is 5.57. The molecule has 0 atom stereocenters. The van der Waals surface area contributed by atoms with Crippen LogP contribution in [0.3, 0.4) is 0 Å². The van der Waals surface area contributed by atoms with Gasteiger partial charge in [0.2, 0.25) is 0 Å².